The summed E-state index contributed by atoms with van der Waals surface area (Å²) >= 11 is 0. The van der Waals surface area contributed by atoms with Gasteiger partial charge in [0.25, 0.3) is 5.91 Å². The minimum absolute atomic E-state index is 0.103. The Labute approximate surface area is 164 Å². The van der Waals surface area contributed by atoms with Crippen LogP contribution in [-0.4, -0.2) is 18.7 Å². The molecule has 0 bridgehead atoms. The molecule has 3 rings (SSSR count). The van der Waals surface area contributed by atoms with Crippen LogP contribution in [-0.2, 0) is 11.4 Å². The van der Waals surface area contributed by atoms with E-state index in [4.69, 9.17) is 9.47 Å². The zero-order chi connectivity index (χ0) is 19.6. The summed E-state index contributed by atoms with van der Waals surface area (Å²) in [6.07, 6.45) is 1.56. The van der Waals surface area contributed by atoms with Gasteiger partial charge in [-0.25, -0.2) is 5.43 Å². The van der Waals surface area contributed by atoms with Crippen LogP contribution in [0.1, 0.15) is 16.7 Å². The summed E-state index contributed by atoms with van der Waals surface area (Å²) in [5, 5.41) is 4.01. The topological polar surface area (TPSA) is 59.9 Å². The van der Waals surface area contributed by atoms with Crippen molar-refractivity contribution in [2.75, 3.05) is 6.61 Å². The number of rotatable bonds is 8. The summed E-state index contributed by atoms with van der Waals surface area (Å²) in [5.41, 5.74) is 5.30. The van der Waals surface area contributed by atoms with Gasteiger partial charge in [0.15, 0.2) is 6.61 Å². The Kier molecular flexibility index (Phi) is 6.79. The van der Waals surface area contributed by atoms with E-state index in [0.717, 1.165) is 16.7 Å². The molecular formula is C23H22N2O3. The minimum atomic E-state index is -0.331. The molecule has 0 atom stereocenters. The molecule has 0 aromatic heterocycles. The smallest absolute Gasteiger partial charge is 0.277 e. The van der Waals surface area contributed by atoms with Crippen molar-refractivity contribution in [2.45, 2.75) is 13.5 Å². The summed E-state index contributed by atoms with van der Waals surface area (Å²) in [4.78, 5) is 11.9. The lowest BCUT2D eigenvalue weighted by atomic mass is 10.2. The van der Waals surface area contributed by atoms with E-state index in [1.807, 2.05) is 85.8 Å². The molecule has 0 saturated heterocycles. The molecule has 3 aromatic rings. The largest absolute Gasteiger partial charge is 0.488 e. The standard InChI is InChI=1S/C23H22N2O3/c1-18-9-5-7-13-21(18)28-17-23(26)25-24-15-20-12-6-8-14-22(20)27-16-19-10-3-2-4-11-19/h2-15H,16-17H2,1H3,(H,25,26). The molecule has 5 nitrogen and oxygen atoms in total. The number of ether oxygens (including phenoxy) is 2. The first kappa shape index (κ1) is 19.2. The molecule has 142 valence electrons. The fourth-order valence-corrected chi connectivity index (χ4v) is 2.52. The second kappa shape index (κ2) is 9.92. The third kappa shape index (κ3) is 5.71. The number of para-hydroxylation sites is 2. The zero-order valence-corrected chi connectivity index (χ0v) is 15.7. The van der Waals surface area contributed by atoms with E-state index in [9.17, 15) is 4.79 Å². The van der Waals surface area contributed by atoms with Crippen LogP contribution in [0.4, 0.5) is 0 Å². The van der Waals surface area contributed by atoms with Gasteiger partial charge in [0, 0.05) is 5.56 Å². The van der Waals surface area contributed by atoms with Gasteiger partial charge < -0.3 is 9.47 Å². The van der Waals surface area contributed by atoms with Crippen LogP contribution in [0.5, 0.6) is 11.5 Å². The number of hydrogen-bond acceptors (Lipinski definition) is 4. The number of aryl methyl sites for hydroxylation is 1. The van der Waals surface area contributed by atoms with Crippen molar-refractivity contribution in [2.24, 2.45) is 5.10 Å². The van der Waals surface area contributed by atoms with Crippen LogP contribution in [0.3, 0.4) is 0 Å². The van der Waals surface area contributed by atoms with Gasteiger partial charge in [0.2, 0.25) is 0 Å². The summed E-state index contributed by atoms with van der Waals surface area (Å²) < 4.78 is 11.4. The highest BCUT2D eigenvalue weighted by Gasteiger charge is 2.04. The molecule has 0 spiro atoms. The Bertz CT molecular complexity index is 939. The van der Waals surface area contributed by atoms with E-state index in [2.05, 4.69) is 10.5 Å². The van der Waals surface area contributed by atoms with Gasteiger partial charge in [-0.05, 0) is 36.2 Å². The number of benzene rings is 3. The molecule has 3 aromatic carbocycles. The Morgan fingerprint density at radius 1 is 0.893 bits per heavy atom. The van der Waals surface area contributed by atoms with E-state index in [1.54, 1.807) is 6.21 Å². The van der Waals surface area contributed by atoms with Gasteiger partial charge in [-0.3, -0.25) is 4.79 Å². The highest BCUT2D eigenvalue weighted by Crippen LogP contribution is 2.18. The molecule has 0 fully saturated rings. The maximum atomic E-state index is 11.9. The van der Waals surface area contributed by atoms with Crippen molar-refractivity contribution >= 4 is 12.1 Å². The summed E-state index contributed by atoms with van der Waals surface area (Å²) in [5.74, 6) is 1.05. The van der Waals surface area contributed by atoms with Crippen molar-refractivity contribution in [3.63, 3.8) is 0 Å². The minimum Gasteiger partial charge on any atom is -0.488 e. The number of nitrogens with zero attached hydrogens (tertiary/aromatic N) is 1. The quantitative estimate of drug-likeness (QED) is 0.477. The first-order chi connectivity index (χ1) is 13.7. The Morgan fingerprint density at radius 3 is 2.36 bits per heavy atom. The lowest BCUT2D eigenvalue weighted by Gasteiger charge is -2.09. The number of hydrazone groups is 1. The third-order valence-corrected chi connectivity index (χ3v) is 4.00. The lowest BCUT2D eigenvalue weighted by molar-refractivity contribution is -0.123. The second-order valence-corrected chi connectivity index (χ2v) is 6.16. The SMILES string of the molecule is Cc1ccccc1OCC(=O)NN=Cc1ccccc1OCc1ccccc1. The maximum absolute atomic E-state index is 11.9. The molecule has 0 aliphatic carbocycles. The first-order valence-corrected chi connectivity index (χ1v) is 8.98. The number of hydrogen-bond donors (Lipinski definition) is 1. The molecule has 0 radical (unpaired) electrons. The van der Waals surface area contributed by atoms with Gasteiger partial charge in [-0.1, -0.05) is 60.7 Å². The van der Waals surface area contributed by atoms with Crippen molar-refractivity contribution in [1.29, 1.82) is 0 Å². The molecule has 28 heavy (non-hydrogen) atoms. The van der Waals surface area contributed by atoms with Crippen LogP contribution in [0.15, 0.2) is 84.0 Å². The van der Waals surface area contributed by atoms with Gasteiger partial charge in [-0.15, -0.1) is 0 Å². The summed E-state index contributed by atoms with van der Waals surface area (Å²) in [6, 6.07) is 25.0. The van der Waals surface area contributed by atoms with E-state index in [-0.39, 0.29) is 12.5 Å². The average Bonchev–Trinajstić information content (AvgIpc) is 2.73. The van der Waals surface area contributed by atoms with Crippen molar-refractivity contribution in [3.8, 4) is 11.5 Å². The molecule has 0 aliphatic heterocycles. The molecule has 0 unspecified atom stereocenters. The van der Waals surface area contributed by atoms with Crippen LogP contribution in [0, 0.1) is 6.92 Å². The lowest BCUT2D eigenvalue weighted by Crippen LogP contribution is -2.24. The Morgan fingerprint density at radius 2 is 1.57 bits per heavy atom. The molecular weight excluding hydrogens is 352 g/mol. The first-order valence-electron chi connectivity index (χ1n) is 8.98. The fourth-order valence-electron chi connectivity index (χ4n) is 2.52. The number of nitrogens with one attached hydrogen (secondary N) is 1. The van der Waals surface area contributed by atoms with Crippen LogP contribution in [0.2, 0.25) is 0 Å². The monoisotopic (exact) mass is 374 g/mol. The van der Waals surface area contributed by atoms with E-state index >= 15 is 0 Å². The van der Waals surface area contributed by atoms with Gasteiger partial charge in [0.1, 0.15) is 18.1 Å². The predicted molar refractivity (Wildman–Crippen MR) is 110 cm³/mol. The highest BCUT2D eigenvalue weighted by atomic mass is 16.5. The van der Waals surface area contributed by atoms with Crippen molar-refractivity contribution in [1.82, 2.24) is 5.43 Å². The number of amides is 1. The third-order valence-electron chi connectivity index (χ3n) is 4.00. The fraction of sp³-hybridized carbons (Fsp3) is 0.130. The van der Waals surface area contributed by atoms with Crippen molar-refractivity contribution in [3.05, 3.63) is 95.6 Å². The maximum Gasteiger partial charge on any atom is 0.277 e. The average molecular weight is 374 g/mol. The normalized spacial score (nSPS) is 10.6. The van der Waals surface area contributed by atoms with Gasteiger partial charge >= 0.3 is 0 Å². The van der Waals surface area contributed by atoms with Crippen LogP contribution < -0.4 is 14.9 Å². The Balaban J connectivity index is 1.52. The van der Waals surface area contributed by atoms with Gasteiger partial charge in [0.05, 0.1) is 6.21 Å². The van der Waals surface area contributed by atoms with Crippen LogP contribution in [0.25, 0.3) is 0 Å². The molecule has 0 saturated carbocycles. The highest BCUT2D eigenvalue weighted by molar-refractivity contribution is 5.85. The number of carbonyl (C=O) groups excluding carboxylic acids is 1. The molecule has 1 N–H and O–H groups in total. The zero-order valence-electron chi connectivity index (χ0n) is 15.7. The van der Waals surface area contributed by atoms with Crippen molar-refractivity contribution < 1.29 is 14.3 Å². The molecule has 0 aliphatic rings. The molecule has 0 heterocycles. The second-order valence-electron chi connectivity index (χ2n) is 6.16. The predicted octanol–water partition coefficient (Wildman–Crippen LogP) is 4.10. The van der Waals surface area contributed by atoms with Gasteiger partial charge in [-0.2, -0.15) is 5.10 Å². The summed E-state index contributed by atoms with van der Waals surface area (Å²) in [6.45, 7) is 2.29. The van der Waals surface area contributed by atoms with E-state index < -0.39 is 0 Å². The van der Waals surface area contributed by atoms with Crippen LogP contribution >= 0.6 is 0 Å². The summed E-state index contributed by atoms with van der Waals surface area (Å²) in [7, 11) is 0. The van der Waals surface area contributed by atoms with E-state index in [0.29, 0.717) is 18.1 Å². The molecule has 1 amide bonds. The molecule has 5 heteroatoms. The van der Waals surface area contributed by atoms with E-state index in [1.165, 1.54) is 0 Å². The number of carbonyl (C=O) groups is 1. The Hall–Kier alpha value is -3.60.